The highest BCUT2D eigenvalue weighted by molar-refractivity contribution is 5.68. The third-order valence-electron chi connectivity index (χ3n) is 10.1. The predicted molar refractivity (Wildman–Crippen MR) is 161 cm³/mol. The molecule has 0 radical (unpaired) electrons. The molecule has 0 saturated carbocycles. The van der Waals surface area contributed by atoms with Gasteiger partial charge in [-0.05, 0) is 95.5 Å². The number of nitrogens with two attached hydrogens (primary N) is 1. The molecule has 4 aliphatic rings. The zero-order valence-electron chi connectivity index (χ0n) is 24.7. The van der Waals surface area contributed by atoms with E-state index in [0.29, 0.717) is 34.7 Å². The maximum absolute atomic E-state index is 10.1. The molecule has 0 amide bonds. The molecule has 2 aromatic heterocycles. The molecule has 0 unspecified atom stereocenters. The molecule has 0 bridgehead atoms. The number of nitrogen functional groups attached to an aromatic ring is 1. The highest BCUT2D eigenvalue weighted by Crippen LogP contribution is 2.54. The van der Waals surface area contributed by atoms with E-state index in [1.165, 1.54) is 17.6 Å². The van der Waals surface area contributed by atoms with Gasteiger partial charge in [0.2, 0.25) is 5.88 Å². The fraction of sp³-hybridized carbons (Fsp3) is 0.515. The predicted octanol–water partition coefficient (Wildman–Crippen LogP) is 5.17. The summed E-state index contributed by atoms with van der Waals surface area (Å²) in [6.45, 7) is 9.14. The molecule has 4 heterocycles. The standard InChI is InChI=1S/C33H39N7O2/c1-20-11-16-40(17-12-20)27-18-28(41-21(2)26-7-5-15-39(26)3)37-32(36-27)30-23-6-4-13-33(31(23)42-38-30)14-10-22-8-9-25(35)24(19-34)29(22)33/h8-9,18,21,26H,1,4-7,10-17,35H2,2-3H3/t21-,26-,33-/m0/s1. The summed E-state index contributed by atoms with van der Waals surface area (Å²) in [7, 11) is 2.17. The van der Waals surface area contributed by atoms with E-state index < -0.39 is 5.41 Å². The van der Waals surface area contributed by atoms with Gasteiger partial charge in [0.1, 0.15) is 18.0 Å². The molecule has 2 aliphatic heterocycles. The lowest BCUT2D eigenvalue weighted by Gasteiger charge is -2.33. The van der Waals surface area contributed by atoms with Crippen molar-refractivity contribution < 1.29 is 9.26 Å². The van der Waals surface area contributed by atoms with Crippen LogP contribution in [0.2, 0.25) is 0 Å². The first-order valence-corrected chi connectivity index (χ1v) is 15.4. The van der Waals surface area contributed by atoms with Gasteiger partial charge in [0.15, 0.2) is 17.3 Å². The van der Waals surface area contributed by atoms with E-state index in [0.717, 1.165) is 93.7 Å². The van der Waals surface area contributed by atoms with Crippen LogP contribution in [0.5, 0.6) is 5.88 Å². The Morgan fingerprint density at radius 2 is 1.98 bits per heavy atom. The molecule has 218 valence electrons. The van der Waals surface area contributed by atoms with Crippen LogP contribution in [0.1, 0.15) is 79.9 Å². The van der Waals surface area contributed by atoms with Crippen LogP contribution >= 0.6 is 0 Å². The topological polar surface area (TPSA) is 117 Å². The van der Waals surface area contributed by atoms with E-state index in [1.54, 1.807) is 0 Å². The minimum absolute atomic E-state index is 0.00595. The second-order valence-corrected chi connectivity index (χ2v) is 12.6. The number of fused-ring (bicyclic) bond motifs is 4. The molecule has 2 saturated heterocycles. The number of hydrogen-bond donors (Lipinski definition) is 1. The van der Waals surface area contributed by atoms with E-state index in [1.807, 2.05) is 12.1 Å². The van der Waals surface area contributed by atoms with Crippen molar-refractivity contribution >= 4 is 11.5 Å². The zero-order valence-corrected chi connectivity index (χ0v) is 24.7. The van der Waals surface area contributed by atoms with E-state index in [-0.39, 0.29) is 6.10 Å². The van der Waals surface area contributed by atoms with Gasteiger partial charge in [0.25, 0.3) is 0 Å². The van der Waals surface area contributed by atoms with Crippen LogP contribution in [0.3, 0.4) is 0 Å². The van der Waals surface area contributed by atoms with Crippen molar-refractivity contribution in [3.63, 3.8) is 0 Å². The van der Waals surface area contributed by atoms with Crippen LogP contribution < -0.4 is 15.4 Å². The molecule has 9 heteroatoms. The largest absolute Gasteiger partial charge is 0.473 e. The summed E-state index contributed by atoms with van der Waals surface area (Å²) in [4.78, 5) is 14.7. The summed E-state index contributed by atoms with van der Waals surface area (Å²) in [6.07, 6.45) is 8.64. The maximum atomic E-state index is 10.1. The Labute approximate surface area is 247 Å². The summed E-state index contributed by atoms with van der Waals surface area (Å²) in [5, 5.41) is 14.7. The van der Waals surface area contributed by atoms with E-state index in [2.05, 4.69) is 47.6 Å². The quantitative estimate of drug-likeness (QED) is 0.330. The molecule has 2 fully saturated rings. The lowest BCUT2D eigenvalue weighted by atomic mass is 9.68. The monoisotopic (exact) mass is 565 g/mol. The van der Waals surface area contributed by atoms with Gasteiger partial charge in [-0.15, -0.1) is 0 Å². The molecule has 2 N–H and O–H groups in total. The Hall–Kier alpha value is -3.90. The first-order chi connectivity index (χ1) is 20.4. The summed E-state index contributed by atoms with van der Waals surface area (Å²) in [5.74, 6) is 2.80. The van der Waals surface area contributed by atoms with Crippen molar-refractivity contribution in [2.75, 3.05) is 37.3 Å². The number of aromatic nitrogens is 3. The average Bonchev–Trinajstić information content (AvgIpc) is 3.72. The normalized spacial score (nSPS) is 24.5. The number of nitriles is 1. The second kappa shape index (κ2) is 10.4. The molecule has 2 aliphatic carbocycles. The zero-order chi connectivity index (χ0) is 29.0. The smallest absolute Gasteiger partial charge is 0.219 e. The number of rotatable bonds is 5. The second-order valence-electron chi connectivity index (χ2n) is 12.6. The molecule has 3 atom stereocenters. The first-order valence-electron chi connectivity index (χ1n) is 15.4. The third kappa shape index (κ3) is 4.35. The third-order valence-corrected chi connectivity index (χ3v) is 10.1. The highest BCUT2D eigenvalue weighted by atomic mass is 16.5. The molecule has 1 aromatic carbocycles. The van der Waals surface area contributed by atoms with Gasteiger partial charge in [-0.2, -0.15) is 10.2 Å². The van der Waals surface area contributed by atoms with Gasteiger partial charge in [-0.25, -0.2) is 4.98 Å². The number of aryl methyl sites for hydroxylation is 1. The number of benzene rings is 1. The Balaban J connectivity index is 1.30. The SMILES string of the molecule is C=C1CCN(c2cc(O[C@@H](C)[C@@H]3CCCN3C)nc(-c3noc4c3CCC[C@@]43CCc4ccc(N)c(C#N)c43)n2)CC1. The lowest BCUT2D eigenvalue weighted by molar-refractivity contribution is 0.117. The van der Waals surface area contributed by atoms with Gasteiger partial charge in [-0.3, -0.25) is 4.90 Å². The van der Waals surface area contributed by atoms with Crippen molar-refractivity contribution in [1.82, 2.24) is 20.0 Å². The molecule has 3 aromatic rings. The van der Waals surface area contributed by atoms with Crippen LogP contribution in [-0.4, -0.2) is 58.9 Å². The summed E-state index contributed by atoms with van der Waals surface area (Å²) >= 11 is 0. The van der Waals surface area contributed by atoms with Gasteiger partial charge in [0, 0.05) is 36.4 Å². The molecular formula is C33H39N7O2. The molecule has 9 nitrogen and oxygen atoms in total. The number of nitrogens with zero attached hydrogens (tertiary/aromatic N) is 6. The number of likely N-dealkylation sites (tertiary alicyclic amines) is 1. The Bertz CT molecular complexity index is 1580. The summed E-state index contributed by atoms with van der Waals surface area (Å²) in [5.41, 5.74) is 12.2. The van der Waals surface area contributed by atoms with Gasteiger partial charge < -0.3 is 19.9 Å². The molecular weight excluding hydrogens is 526 g/mol. The summed E-state index contributed by atoms with van der Waals surface area (Å²) in [6, 6.07) is 8.65. The van der Waals surface area contributed by atoms with Crippen molar-refractivity contribution in [3.8, 4) is 23.5 Å². The number of anilines is 2. The van der Waals surface area contributed by atoms with Gasteiger partial charge in [0.05, 0.1) is 11.0 Å². The molecule has 42 heavy (non-hydrogen) atoms. The minimum atomic E-state index is -0.402. The van der Waals surface area contributed by atoms with Gasteiger partial charge >= 0.3 is 0 Å². The van der Waals surface area contributed by atoms with Crippen LogP contribution in [0.15, 0.2) is 34.9 Å². The molecule has 1 spiro atoms. The fourth-order valence-electron chi connectivity index (χ4n) is 7.85. The summed E-state index contributed by atoms with van der Waals surface area (Å²) < 4.78 is 12.8. The average molecular weight is 566 g/mol. The minimum Gasteiger partial charge on any atom is -0.473 e. The molecule has 7 rings (SSSR count). The highest BCUT2D eigenvalue weighted by Gasteiger charge is 2.49. The number of piperidine rings is 1. The van der Waals surface area contributed by atoms with Crippen LogP contribution in [0.25, 0.3) is 11.5 Å². The number of ether oxygens (including phenoxy) is 1. The Morgan fingerprint density at radius 1 is 1.14 bits per heavy atom. The first kappa shape index (κ1) is 27.0. The lowest BCUT2D eigenvalue weighted by Crippen LogP contribution is -2.38. The maximum Gasteiger partial charge on any atom is 0.219 e. The number of hydrogen-bond acceptors (Lipinski definition) is 9. The van der Waals surface area contributed by atoms with Crippen LogP contribution in [0, 0.1) is 11.3 Å². The van der Waals surface area contributed by atoms with Crippen LogP contribution in [-0.2, 0) is 18.3 Å². The Kier molecular flexibility index (Phi) is 6.69. The Morgan fingerprint density at radius 3 is 2.74 bits per heavy atom. The van der Waals surface area contributed by atoms with E-state index >= 15 is 0 Å². The van der Waals surface area contributed by atoms with E-state index in [9.17, 15) is 5.26 Å². The van der Waals surface area contributed by atoms with Crippen molar-refractivity contribution in [1.29, 1.82) is 5.26 Å². The van der Waals surface area contributed by atoms with E-state index in [4.69, 9.17) is 25.0 Å². The van der Waals surface area contributed by atoms with Gasteiger partial charge in [-0.1, -0.05) is 23.4 Å². The van der Waals surface area contributed by atoms with Crippen molar-refractivity contribution in [3.05, 3.63) is 58.4 Å². The van der Waals surface area contributed by atoms with Crippen molar-refractivity contribution in [2.24, 2.45) is 0 Å². The fourth-order valence-corrected chi connectivity index (χ4v) is 7.85. The van der Waals surface area contributed by atoms with Crippen LogP contribution in [0.4, 0.5) is 11.5 Å². The van der Waals surface area contributed by atoms with Crippen molar-refractivity contribution in [2.45, 2.75) is 82.3 Å². The number of likely N-dealkylation sites (N-methyl/N-ethyl adjacent to an activating group) is 1.